The molecular weight excluding hydrogens is 192 g/mol. The van der Waals surface area contributed by atoms with Crippen LogP contribution in [0.5, 0.6) is 0 Å². The first kappa shape index (κ1) is 10.5. The molecule has 4 heteroatoms. The Morgan fingerprint density at radius 1 is 1.20 bits per heavy atom. The summed E-state index contributed by atoms with van der Waals surface area (Å²) < 4.78 is 0. The van der Waals surface area contributed by atoms with E-state index in [2.05, 4.69) is 0 Å². The predicted octanol–water partition coefficient (Wildman–Crippen LogP) is 1.60. The number of imide groups is 1. The maximum Gasteiger partial charge on any atom is 0.327 e. The van der Waals surface area contributed by atoms with E-state index < -0.39 is 5.54 Å². The Balaban J connectivity index is 2.26. The molecule has 0 unspecified atom stereocenters. The summed E-state index contributed by atoms with van der Waals surface area (Å²) in [7, 11) is 1.70. The van der Waals surface area contributed by atoms with E-state index in [0.717, 1.165) is 25.7 Å². The molecule has 2 fully saturated rings. The molecule has 1 aliphatic heterocycles. The van der Waals surface area contributed by atoms with Gasteiger partial charge in [0.25, 0.3) is 5.91 Å². The second kappa shape index (κ2) is 3.22. The van der Waals surface area contributed by atoms with Gasteiger partial charge in [-0.15, -0.1) is 0 Å². The number of urea groups is 1. The molecule has 0 radical (unpaired) electrons. The highest BCUT2D eigenvalue weighted by Gasteiger charge is 2.51. The lowest BCUT2D eigenvalue weighted by molar-refractivity contribution is -0.133. The molecule has 0 N–H and O–H groups in total. The minimum absolute atomic E-state index is 0.0399. The third kappa shape index (κ3) is 1.34. The number of rotatable bonds is 1. The molecule has 0 aromatic carbocycles. The van der Waals surface area contributed by atoms with Gasteiger partial charge in [-0.3, -0.25) is 9.69 Å². The maximum atomic E-state index is 12.1. The van der Waals surface area contributed by atoms with Crippen LogP contribution in [0.25, 0.3) is 0 Å². The molecule has 0 aromatic rings. The van der Waals surface area contributed by atoms with Crippen LogP contribution in [0.1, 0.15) is 39.5 Å². The van der Waals surface area contributed by atoms with Crippen molar-refractivity contribution < 1.29 is 9.59 Å². The highest BCUT2D eigenvalue weighted by molar-refractivity contribution is 6.06. The Bertz CT molecular complexity index is 306. The van der Waals surface area contributed by atoms with Crippen LogP contribution >= 0.6 is 0 Å². The van der Waals surface area contributed by atoms with Crippen LogP contribution in [-0.4, -0.2) is 40.4 Å². The zero-order valence-corrected chi connectivity index (χ0v) is 9.62. The summed E-state index contributed by atoms with van der Waals surface area (Å²) in [6.07, 6.45) is 4.21. The lowest BCUT2D eigenvalue weighted by Crippen LogP contribution is -2.42. The lowest BCUT2D eigenvalue weighted by atomic mass is 10.0. The van der Waals surface area contributed by atoms with Gasteiger partial charge in [-0.25, -0.2) is 4.79 Å². The van der Waals surface area contributed by atoms with Gasteiger partial charge in [0, 0.05) is 13.1 Å². The summed E-state index contributed by atoms with van der Waals surface area (Å²) in [5.41, 5.74) is -0.667. The Hall–Kier alpha value is -1.06. The van der Waals surface area contributed by atoms with Crippen molar-refractivity contribution in [3.63, 3.8) is 0 Å². The monoisotopic (exact) mass is 210 g/mol. The predicted molar refractivity (Wildman–Crippen MR) is 56.3 cm³/mol. The first-order valence-corrected chi connectivity index (χ1v) is 5.57. The molecule has 0 atom stereocenters. The highest BCUT2D eigenvalue weighted by Crippen LogP contribution is 2.33. The third-order valence-electron chi connectivity index (χ3n) is 3.76. The van der Waals surface area contributed by atoms with Crippen LogP contribution < -0.4 is 0 Å². The average molecular weight is 210 g/mol. The summed E-state index contributed by atoms with van der Waals surface area (Å²) in [4.78, 5) is 27.1. The second-order valence-electron chi connectivity index (χ2n) is 5.01. The molecule has 1 saturated carbocycles. The molecule has 3 amide bonds. The van der Waals surface area contributed by atoms with E-state index in [1.54, 1.807) is 11.9 Å². The molecule has 0 aromatic heterocycles. The van der Waals surface area contributed by atoms with Gasteiger partial charge >= 0.3 is 6.03 Å². The van der Waals surface area contributed by atoms with E-state index >= 15 is 0 Å². The standard InChI is InChI=1S/C11H18N2O2/c1-11(2)9(14)13(10(15)12(11)3)8-6-4-5-7-8/h8H,4-7H2,1-3H3. The number of hydrogen-bond acceptors (Lipinski definition) is 2. The van der Waals surface area contributed by atoms with Gasteiger partial charge in [0.2, 0.25) is 0 Å². The van der Waals surface area contributed by atoms with Crippen molar-refractivity contribution in [2.75, 3.05) is 7.05 Å². The molecule has 2 rings (SSSR count). The van der Waals surface area contributed by atoms with E-state index in [1.165, 1.54) is 4.90 Å². The summed E-state index contributed by atoms with van der Waals surface area (Å²) >= 11 is 0. The SMILES string of the molecule is CN1C(=O)N(C2CCCC2)C(=O)C1(C)C. The van der Waals surface area contributed by atoms with Crippen LogP contribution in [0, 0.1) is 0 Å². The molecule has 84 valence electrons. The zero-order chi connectivity index (χ0) is 11.2. The quantitative estimate of drug-likeness (QED) is 0.617. The number of carbonyl (C=O) groups excluding carboxylic acids is 2. The highest BCUT2D eigenvalue weighted by atomic mass is 16.2. The fraction of sp³-hybridized carbons (Fsp3) is 0.818. The fourth-order valence-electron chi connectivity index (χ4n) is 2.41. The van der Waals surface area contributed by atoms with Gasteiger partial charge in [0.15, 0.2) is 0 Å². The Morgan fingerprint density at radius 2 is 1.73 bits per heavy atom. The van der Waals surface area contributed by atoms with Crippen LogP contribution in [0.15, 0.2) is 0 Å². The minimum atomic E-state index is -0.667. The van der Waals surface area contributed by atoms with Crippen molar-refractivity contribution in [1.29, 1.82) is 0 Å². The summed E-state index contributed by atoms with van der Waals surface area (Å²) in [5.74, 6) is -0.0399. The normalized spacial score (nSPS) is 26.9. The van der Waals surface area contributed by atoms with Crippen molar-refractivity contribution in [2.45, 2.75) is 51.1 Å². The largest absolute Gasteiger partial charge is 0.327 e. The molecule has 15 heavy (non-hydrogen) atoms. The molecule has 2 aliphatic rings. The minimum Gasteiger partial charge on any atom is -0.313 e. The summed E-state index contributed by atoms with van der Waals surface area (Å²) in [6, 6.07) is 0.0196. The van der Waals surface area contributed by atoms with Crippen molar-refractivity contribution >= 4 is 11.9 Å². The van der Waals surface area contributed by atoms with Gasteiger partial charge in [0.05, 0.1) is 0 Å². The molecule has 1 saturated heterocycles. The number of hydrogen-bond donors (Lipinski definition) is 0. The van der Waals surface area contributed by atoms with Crippen LogP contribution in [0.4, 0.5) is 4.79 Å². The summed E-state index contributed by atoms with van der Waals surface area (Å²) in [6.45, 7) is 3.62. The van der Waals surface area contributed by atoms with Gasteiger partial charge in [-0.05, 0) is 26.7 Å². The van der Waals surface area contributed by atoms with Crippen LogP contribution in [0.3, 0.4) is 0 Å². The maximum absolute atomic E-state index is 12.1. The number of nitrogens with zero attached hydrogens (tertiary/aromatic N) is 2. The topological polar surface area (TPSA) is 40.6 Å². The van der Waals surface area contributed by atoms with E-state index in [-0.39, 0.29) is 18.0 Å². The van der Waals surface area contributed by atoms with E-state index in [4.69, 9.17) is 0 Å². The van der Waals surface area contributed by atoms with Crippen LogP contribution in [0.2, 0.25) is 0 Å². The van der Waals surface area contributed by atoms with Gasteiger partial charge in [0.1, 0.15) is 5.54 Å². The smallest absolute Gasteiger partial charge is 0.313 e. The first-order valence-electron chi connectivity index (χ1n) is 5.57. The van der Waals surface area contributed by atoms with Crippen LogP contribution in [-0.2, 0) is 4.79 Å². The zero-order valence-electron chi connectivity index (χ0n) is 9.62. The first-order chi connectivity index (χ1) is 6.96. The van der Waals surface area contributed by atoms with Gasteiger partial charge in [-0.1, -0.05) is 12.8 Å². The Labute approximate surface area is 90.2 Å². The van der Waals surface area contributed by atoms with Gasteiger partial charge in [-0.2, -0.15) is 0 Å². The molecule has 1 aliphatic carbocycles. The fourth-order valence-corrected chi connectivity index (χ4v) is 2.41. The molecule has 4 nitrogen and oxygen atoms in total. The Morgan fingerprint density at radius 3 is 2.13 bits per heavy atom. The molecular formula is C11H18N2O2. The number of carbonyl (C=O) groups is 2. The number of amides is 3. The lowest BCUT2D eigenvalue weighted by Gasteiger charge is -2.22. The van der Waals surface area contributed by atoms with Crippen molar-refractivity contribution in [1.82, 2.24) is 9.80 Å². The van der Waals surface area contributed by atoms with E-state index in [0.29, 0.717) is 0 Å². The Kier molecular flexibility index (Phi) is 2.24. The third-order valence-corrected chi connectivity index (χ3v) is 3.76. The van der Waals surface area contributed by atoms with Gasteiger partial charge < -0.3 is 4.90 Å². The molecule has 0 bridgehead atoms. The van der Waals surface area contributed by atoms with Crippen molar-refractivity contribution in [3.05, 3.63) is 0 Å². The van der Waals surface area contributed by atoms with Crippen molar-refractivity contribution in [3.8, 4) is 0 Å². The molecule has 1 heterocycles. The van der Waals surface area contributed by atoms with Crippen molar-refractivity contribution in [2.24, 2.45) is 0 Å². The number of likely N-dealkylation sites (N-methyl/N-ethyl adjacent to an activating group) is 1. The molecule has 0 spiro atoms. The average Bonchev–Trinajstić information content (AvgIpc) is 2.73. The summed E-state index contributed by atoms with van der Waals surface area (Å²) in [5, 5.41) is 0. The van der Waals surface area contributed by atoms with E-state index in [1.807, 2.05) is 13.8 Å². The second-order valence-corrected chi connectivity index (χ2v) is 5.01. The van der Waals surface area contributed by atoms with E-state index in [9.17, 15) is 9.59 Å².